The molecule has 1 aliphatic rings. The van der Waals surface area contributed by atoms with Crippen molar-refractivity contribution in [3.05, 3.63) is 36.2 Å². The summed E-state index contributed by atoms with van der Waals surface area (Å²) in [6.45, 7) is 2.43. The molecule has 24 heavy (non-hydrogen) atoms. The van der Waals surface area contributed by atoms with Gasteiger partial charge < -0.3 is 19.4 Å². The monoisotopic (exact) mass is 327 g/mol. The fraction of sp³-hybridized carbons (Fsp3) is 0.278. The first-order chi connectivity index (χ1) is 11.5. The van der Waals surface area contributed by atoms with Crippen molar-refractivity contribution < 1.29 is 24.2 Å². The molecule has 0 fully saturated rings. The van der Waals surface area contributed by atoms with Crippen LogP contribution in [0.5, 0.6) is 17.2 Å². The van der Waals surface area contributed by atoms with Crippen LogP contribution >= 0.6 is 0 Å². The van der Waals surface area contributed by atoms with Crippen LogP contribution in [0.4, 0.5) is 0 Å². The number of benzene rings is 1. The molecule has 0 radical (unpaired) electrons. The SMILES string of the molecule is CC(=O)CCC(=O)c1ncc(-c2ccc3c(c2)OCCO3)cc1O. The molecule has 0 spiro atoms. The molecule has 1 aromatic carbocycles. The van der Waals surface area contributed by atoms with Crippen LogP contribution in [0.15, 0.2) is 30.5 Å². The van der Waals surface area contributed by atoms with Gasteiger partial charge >= 0.3 is 0 Å². The predicted molar refractivity (Wildman–Crippen MR) is 86.6 cm³/mol. The third-order valence-electron chi connectivity index (χ3n) is 3.71. The zero-order valence-corrected chi connectivity index (χ0v) is 13.2. The highest BCUT2D eigenvalue weighted by atomic mass is 16.6. The Kier molecular flexibility index (Phi) is 4.46. The van der Waals surface area contributed by atoms with Crippen molar-refractivity contribution >= 4 is 11.6 Å². The summed E-state index contributed by atoms with van der Waals surface area (Å²) in [7, 11) is 0. The van der Waals surface area contributed by atoms with Gasteiger partial charge in [-0.05, 0) is 30.7 Å². The lowest BCUT2D eigenvalue weighted by Crippen LogP contribution is -2.15. The number of Topliss-reactive ketones (excluding diaryl/α,β-unsaturated/α-hetero) is 2. The molecular formula is C18H17NO5. The highest BCUT2D eigenvalue weighted by Crippen LogP contribution is 2.35. The Morgan fingerprint density at radius 2 is 1.83 bits per heavy atom. The van der Waals surface area contributed by atoms with Crippen molar-refractivity contribution in [1.82, 2.24) is 4.98 Å². The molecule has 1 aliphatic heterocycles. The van der Waals surface area contributed by atoms with Crippen LogP contribution in [0, 0.1) is 0 Å². The van der Waals surface area contributed by atoms with Gasteiger partial charge in [0.1, 0.15) is 30.4 Å². The van der Waals surface area contributed by atoms with Gasteiger partial charge in [0.05, 0.1) is 0 Å². The third kappa shape index (κ3) is 3.37. The van der Waals surface area contributed by atoms with Gasteiger partial charge in [0, 0.05) is 24.6 Å². The molecule has 0 bridgehead atoms. The lowest BCUT2D eigenvalue weighted by Gasteiger charge is -2.19. The average Bonchev–Trinajstić information content (AvgIpc) is 2.59. The predicted octanol–water partition coefficient (Wildman–Crippen LogP) is 2.78. The van der Waals surface area contributed by atoms with Crippen LogP contribution < -0.4 is 9.47 Å². The maximum Gasteiger partial charge on any atom is 0.185 e. The first-order valence-corrected chi connectivity index (χ1v) is 7.66. The molecule has 6 nitrogen and oxygen atoms in total. The zero-order valence-electron chi connectivity index (χ0n) is 13.2. The molecule has 2 heterocycles. The van der Waals surface area contributed by atoms with Crippen molar-refractivity contribution in [2.24, 2.45) is 0 Å². The van der Waals surface area contributed by atoms with Crippen LogP contribution in [0.1, 0.15) is 30.3 Å². The standard InChI is InChI=1S/C18H17NO5/c1-11(20)2-4-14(21)18-15(22)8-13(10-19-18)12-3-5-16-17(9-12)24-7-6-23-16/h3,5,8-10,22H,2,4,6-7H2,1H3. The number of pyridine rings is 1. The summed E-state index contributed by atoms with van der Waals surface area (Å²) in [5, 5.41) is 10.1. The summed E-state index contributed by atoms with van der Waals surface area (Å²) in [4.78, 5) is 27.0. The maximum absolute atomic E-state index is 12.0. The number of ether oxygens (including phenoxy) is 2. The summed E-state index contributed by atoms with van der Waals surface area (Å²) in [5.41, 5.74) is 1.44. The number of nitrogens with zero attached hydrogens (tertiary/aromatic N) is 1. The topological polar surface area (TPSA) is 85.7 Å². The Labute approximate surface area is 139 Å². The van der Waals surface area contributed by atoms with E-state index in [9.17, 15) is 14.7 Å². The molecule has 0 saturated heterocycles. The first kappa shape index (κ1) is 16.0. The molecule has 124 valence electrons. The molecule has 3 rings (SSSR count). The molecule has 0 aliphatic carbocycles. The van der Waals surface area contributed by atoms with Crippen LogP contribution in [0.25, 0.3) is 11.1 Å². The van der Waals surface area contributed by atoms with Crippen LogP contribution in [-0.2, 0) is 4.79 Å². The van der Waals surface area contributed by atoms with Gasteiger partial charge in [-0.3, -0.25) is 4.79 Å². The van der Waals surface area contributed by atoms with E-state index in [4.69, 9.17) is 9.47 Å². The number of hydrogen-bond donors (Lipinski definition) is 1. The highest BCUT2D eigenvalue weighted by Gasteiger charge is 2.16. The number of carbonyl (C=O) groups excluding carboxylic acids is 2. The Hall–Kier alpha value is -2.89. The number of fused-ring (bicyclic) bond motifs is 1. The van der Waals surface area contributed by atoms with E-state index < -0.39 is 0 Å². The Bertz CT molecular complexity index is 800. The lowest BCUT2D eigenvalue weighted by atomic mass is 10.0. The molecule has 0 saturated carbocycles. The minimum absolute atomic E-state index is 0.0162. The maximum atomic E-state index is 12.0. The van der Waals surface area contributed by atoms with E-state index in [0.717, 1.165) is 5.56 Å². The quantitative estimate of drug-likeness (QED) is 0.850. The minimum atomic E-state index is -0.351. The summed E-state index contributed by atoms with van der Waals surface area (Å²) in [6, 6.07) is 6.93. The van der Waals surface area contributed by atoms with Gasteiger partial charge in [-0.25, -0.2) is 4.98 Å². The zero-order chi connectivity index (χ0) is 17.1. The number of rotatable bonds is 5. The molecule has 0 amide bonds. The summed E-state index contributed by atoms with van der Waals surface area (Å²) < 4.78 is 11.0. The van der Waals surface area contributed by atoms with E-state index in [1.54, 1.807) is 6.07 Å². The van der Waals surface area contributed by atoms with E-state index >= 15 is 0 Å². The van der Waals surface area contributed by atoms with Gasteiger partial charge in [0.15, 0.2) is 17.3 Å². The lowest BCUT2D eigenvalue weighted by molar-refractivity contribution is -0.116. The number of aromatic hydroxyl groups is 1. The normalized spacial score (nSPS) is 12.7. The largest absolute Gasteiger partial charge is 0.506 e. The molecule has 1 N–H and O–H groups in total. The fourth-order valence-corrected chi connectivity index (χ4v) is 2.46. The number of ketones is 2. The first-order valence-electron chi connectivity index (χ1n) is 7.66. The average molecular weight is 327 g/mol. The van der Waals surface area contributed by atoms with E-state index in [2.05, 4.69) is 4.98 Å². The third-order valence-corrected chi connectivity index (χ3v) is 3.71. The Balaban J connectivity index is 1.84. The van der Waals surface area contributed by atoms with Crippen LogP contribution in [-0.4, -0.2) is 34.9 Å². The molecule has 2 aromatic rings. The van der Waals surface area contributed by atoms with Gasteiger partial charge in [-0.15, -0.1) is 0 Å². The fourth-order valence-electron chi connectivity index (χ4n) is 2.46. The molecule has 0 atom stereocenters. The Morgan fingerprint density at radius 1 is 1.08 bits per heavy atom. The summed E-state index contributed by atoms with van der Waals surface area (Å²) in [6.07, 6.45) is 1.70. The van der Waals surface area contributed by atoms with Gasteiger partial charge in [0.25, 0.3) is 0 Å². The molecule has 0 unspecified atom stereocenters. The Morgan fingerprint density at radius 3 is 2.54 bits per heavy atom. The van der Waals surface area contributed by atoms with Crippen molar-refractivity contribution in [3.63, 3.8) is 0 Å². The number of aromatic nitrogens is 1. The van der Waals surface area contributed by atoms with E-state index in [1.807, 2.05) is 12.1 Å². The number of carbonyl (C=O) groups is 2. The van der Waals surface area contributed by atoms with Crippen molar-refractivity contribution in [2.45, 2.75) is 19.8 Å². The van der Waals surface area contributed by atoms with E-state index in [0.29, 0.717) is 30.3 Å². The van der Waals surface area contributed by atoms with Gasteiger partial charge in [-0.1, -0.05) is 6.07 Å². The second kappa shape index (κ2) is 6.70. The summed E-state index contributed by atoms with van der Waals surface area (Å²) >= 11 is 0. The number of hydrogen-bond acceptors (Lipinski definition) is 6. The van der Waals surface area contributed by atoms with Crippen molar-refractivity contribution in [2.75, 3.05) is 13.2 Å². The van der Waals surface area contributed by atoms with E-state index in [-0.39, 0.29) is 35.9 Å². The highest BCUT2D eigenvalue weighted by molar-refractivity contribution is 5.98. The van der Waals surface area contributed by atoms with Crippen molar-refractivity contribution in [1.29, 1.82) is 0 Å². The van der Waals surface area contributed by atoms with Crippen LogP contribution in [0.2, 0.25) is 0 Å². The van der Waals surface area contributed by atoms with Crippen molar-refractivity contribution in [3.8, 4) is 28.4 Å². The van der Waals surface area contributed by atoms with Gasteiger partial charge in [0.2, 0.25) is 0 Å². The molecular weight excluding hydrogens is 310 g/mol. The summed E-state index contributed by atoms with van der Waals surface area (Å²) in [5.74, 6) is 0.696. The second-order valence-corrected chi connectivity index (χ2v) is 5.58. The van der Waals surface area contributed by atoms with E-state index in [1.165, 1.54) is 19.2 Å². The molecule has 1 aromatic heterocycles. The molecule has 6 heteroatoms. The smallest absolute Gasteiger partial charge is 0.185 e. The second-order valence-electron chi connectivity index (χ2n) is 5.58. The van der Waals surface area contributed by atoms with Crippen LogP contribution in [0.3, 0.4) is 0 Å². The minimum Gasteiger partial charge on any atom is -0.506 e. The van der Waals surface area contributed by atoms with Gasteiger partial charge in [-0.2, -0.15) is 0 Å².